The van der Waals surface area contributed by atoms with Gasteiger partial charge in [0.05, 0.1) is 5.69 Å². The highest BCUT2D eigenvalue weighted by molar-refractivity contribution is 9.10. The number of hydrogen-bond acceptors (Lipinski definition) is 2. The van der Waals surface area contributed by atoms with E-state index in [0.29, 0.717) is 9.37 Å². The molecule has 0 saturated heterocycles. The van der Waals surface area contributed by atoms with E-state index < -0.39 is 5.82 Å². The molecule has 1 nitrogen and oxygen atoms in total. The van der Waals surface area contributed by atoms with Gasteiger partial charge in [0.25, 0.3) is 0 Å². The van der Waals surface area contributed by atoms with Gasteiger partial charge in [0, 0.05) is 9.37 Å². The third kappa shape index (κ3) is 1.51. The number of nitrogens with two attached hydrogens (primary N) is 1. The molecule has 0 heterocycles. The van der Waals surface area contributed by atoms with E-state index in [2.05, 4.69) is 28.6 Å². The lowest BCUT2D eigenvalue weighted by Gasteiger charge is -2.05. The molecule has 0 atom stereocenters. The molecule has 0 aliphatic rings. The Morgan fingerprint density at radius 1 is 1.64 bits per heavy atom. The molecule has 0 unspecified atom stereocenters. The number of halogens is 2. The van der Waals surface area contributed by atoms with Gasteiger partial charge in [-0.3, -0.25) is 0 Å². The predicted octanol–water partition coefficient (Wildman–Crippen LogP) is 2.77. The molecule has 0 spiro atoms. The van der Waals surface area contributed by atoms with Crippen molar-refractivity contribution in [3.63, 3.8) is 0 Å². The number of hydrogen-bond donors (Lipinski definition) is 2. The van der Waals surface area contributed by atoms with Crippen LogP contribution < -0.4 is 5.73 Å². The van der Waals surface area contributed by atoms with Crippen LogP contribution in [0.3, 0.4) is 0 Å². The van der Waals surface area contributed by atoms with E-state index in [4.69, 9.17) is 5.73 Å². The van der Waals surface area contributed by atoms with Crippen LogP contribution >= 0.6 is 28.6 Å². The first-order valence-electron chi connectivity index (χ1n) is 2.97. The van der Waals surface area contributed by atoms with Crippen molar-refractivity contribution in [2.24, 2.45) is 0 Å². The molecule has 11 heavy (non-hydrogen) atoms. The van der Waals surface area contributed by atoms with Crippen LogP contribution in [0.2, 0.25) is 0 Å². The van der Waals surface area contributed by atoms with Crippen molar-refractivity contribution in [2.45, 2.75) is 11.8 Å². The Kier molecular flexibility index (Phi) is 2.44. The van der Waals surface area contributed by atoms with Crippen LogP contribution in [-0.2, 0) is 0 Å². The van der Waals surface area contributed by atoms with Gasteiger partial charge in [-0.05, 0) is 18.6 Å². The maximum Gasteiger partial charge on any atom is 0.148 e. The first-order chi connectivity index (χ1) is 5.04. The molecule has 0 saturated carbocycles. The van der Waals surface area contributed by atoms with Gasteiger partial charge in [0.15, 0.2) is 0 Å². The Hall–Kier alpha value is -0.220. The molecule has 0 aromatic heterocycles. The highest BCUT2D eigenvalue weighted by Gasteiger charge is 2.08. The summed E-state index contributed by atoms with van der Waals surface area (Å²) < 4.78 is 13.5. The standard InChI is InChI=1S/C7H7BrFNS/c1-3-4(8)2-5(9)6(10)7(3)11/h2,11H,10H2,1H3. The van der Waals surface area contributed by atoms with Crippen molar-refractivity contribution in [3.05, 3.63) is 21.9 Å². The molecule has 0 radical (unpaired) electrons. The van der Waals surface area contributed by atoms with Crippen molar-refractivity contribution in [1.29, 1.82) is 0 Å². The lowest BCUT2D eigenvalue weighted by atomic mass is 10.2. The second-order valence-electron chi connectivity index (χ2n) is 2.23. The van der Waals surface area contributed by atoms with Gasteiger partial charge < -0.3 is 5.73 Å². The first-order valence-corrected chi connectivity index (χ1v) is 4.21. The SMILES string of the molecule is Cc1c(Br)cc(F)c(N)c1S. The molecule has 0 aliphatic heterocycles. The van der Waals surface area contributed by atoms with Crippen molar-refractivity contribution in [3.8, 4) is 0 Å². The van der Waals surface area contributed by atoms with Crippen molar-refractivity contribution in [1.82, 2.24) is 0 Å². The molecule has 0 fully saturated rings. The molecule has 2 N–H and O–H groups in total. The largest absolute Gasteiger partial charge is 0.395 e. The number of rotatable bonds is 0. The fourth-order valence-electron chi connectivity index (χ4n) is 0.725. The average molecular weight is 236 g/mol. The van der Waals surface area contributed by atoms with Crippen LogP contribution in [0.1, 0.15) is 5.56 Å². The maximum atomic E-state index is 12.8. The van der Waals surface area contributed by atoms with Gasteiger partial charge in [-0.1, -0.05) is 15.9 Å². The van der Waals surface area contributed by atoms with Crippen molar-refractivity contribution < 1.29 is 4.39 Å². The Morgan fingerprint density at radius 3 is 2.73 bits per heavy atom. The monoisotopic (exact) mass is 235 g/mol. The molecule has 1 aromatic rings. The van der Waals surface area contributed by atoms with Crippen molar-refractivity contribution >= 4 is 34.2 Å². The summed E-state index contributed by atoms with van der Waals surface area (Å²) in [5, 5.41) is 0. The van der Waals surface area contributed by atoms with E-state index in [-0.39, 0.29) is 5.69 Å². The molecule has 0 bridgehead atoms. The quantitative estimate of drug-likeness (QED) is 0.525. The normalized spacial score (nSPS) is 10.2. The Bertz CT molecular complexity index is 275. The van der Waals surface area contributed by atoms with Gasteiger partial charge in [0.2, 0.25) is 0 Å². The zero-order valence-corrected chi connectivity index (χ0v) is 8.34. The summed E-state index contributed by atoms with van der Waals surface area (Å²) >= 11 is 7.24. The Balaban J connectivity index is 3.46. The minimum Gasteiger partial charge on any atom is -0.395 e. The van der Waals surface area contributed by atoms with E-state index in [0.717, 1.165) is 5.56 Å². The highest BCUT2D eigenvalue weighted by atomic mass is 79.9. The number of thiol groups is 1. The van der Waals surface area contributed by atoms with E-state index in [1.807, 2.05) is 6.92 Å². The summed E-state index contributed by atoms with van der Waals surface area (Å²) in [6.07, 6.45) is 0. The van der Waals surface area contributed by atoms with Gasteiger partial charge in [-0.25, -0.2) is 4.39 Å². The number of nitrogen functional groups attached to an aromatic ring is 1. The third-order valence-corrected chi connectivity index (χ3v) is 2.88. The second kappa shape index (κ2) is 3.03. The van der Waals surface area contributed by atoms with Gasteiger partial charge in [-0.2, -0.15) is 0 Å². The summed E-state index contributed by atoms with van der Waals surface area (Å²) in [6, 6.07) is 1.34. The van der Waals surface area contributed by atoms with Crippen LogP contribution in [0.4, 0.5) is 10.1 Å². The van der Waals surface area contributed by atoms with Gasteiger partial charge in [0.1, 0.15) is 5.82 Å². The first kappa shape index (κ1) is 8.87. The lowest BCUT2D eigenvalue weighted by molar-refractivity contribution is 0.628. The summed E-state index contributed by atoms with van der Waals surface area (Å²) in [6.45, 7) is 1.82. The zero-order chi connectivity index (χ0) is 8.59. The fourth-order valence-corrected chi connectivity index (χ4v) is 1.51. The highest BCUT2D eigenvalue weighted by Crippen LogP contribution is 2.30. The molecule has 0 aliphatic carbocycles. The molecule has 1 aromatic carbocycles. The molecule has 1 rings (SSSR count). The summed E-state index contributed by atoms with van der Waals surface area (Å²) in [5.41, 5.74) is 6.34. The lowest BCUT2D eigenvalue weighted by Crippen LogP contribution is -1.94. The maximum absolute atomic E-state index is 12.8. The van der Waals surface area contributed by atoms with E-state index in [1.54, 1.807) is 0 Å². The van der Waals surface area contributed by atoms with Gasteiger partial charge >= 0.3 is 0 Å². The summed E-state index contributed by atoms with van der Waals surface area (Å²) in [4.78, 5) is 0.497. The average Bonchev–Trinajstić information content (AvgIpc) is 1.97. The van der Waals surface area contributed by atoms with Crippen LogP contribution in [0.15, 0.2) is 15.4 Å². The van der Waals surface area contributed by atoms with Crippen LogP contribution in [0, 0.1) is 12.7 Å². The number of anilines is 1. The smallest absolute Gasteiger partial charge is 0.148 e. The zero-order valence-electron chi connectivity index (χ0n) is 5.86. The van der Waals surface area contributed by atoms with Gasteiger partial charge in [-0.15, -0.1) is 12.6 Å². The topological polar surface area (TPSA) is 26.0 Å². The molecular weight excluding hydrogens is 229 g/mol. The third-order valence-electron chi connectivity index (χ3n) is 1.48. The Morgan fingerprint density at radius 2 is 2.18 bits per heavy atom. The van der Waals surface area contributed by atoms with Crippen LogP contribution in [0.25, 0.3) is 0 Å². The van der Waals surface area contributed by atoms with Crippen LogP contribution in [-0.4, -0.2) is 0 Å². The van der Waals surface area contributed by atoms with E-state index in [9.17, 15) is 4.39 Å². The molecule has 0 amide bonds. The molecular formula is C7H7BrFNS. The van der Waals surface area contributed by atoms with E-state index in [1.165, 1.54) is 6.07 Å². The predicted molar refractivity (Wildman–Crippen MR) is 50.5 cm³/mol. The summed E-state index contributed by atoms with van der Waals surface area (Å²) in [5.74, 6) is -0.438. The Labute approximate surface area is 78.3 Å². The molecule has 60 valence electrons. The minimum absolute atomic E-state index is 0.106. The number of benzene rings is 1. The van der Waals surface area contributed by atoms with Crippen LogP contribution in [0.5, 0.6) is 0 Å². The minimum atomic E-state index is -0.438. The summed E-state index contributed by atoms with van der Waals surface area (Å²) in [7, 11) is 0. The second-order valence-corrected chi connectivity index (χ2v) is 3.53. The van der Waals surface area contributed by atoms with E-state index >= 15 is 0 Å². The molecule has 4 heteroatoms. The van der Waals surface area contributed by atoms with Crippen molar-refractivity contribution in [2.75, 3.05) is 5.73 Å². The fraction of sp³-hybridized carbons (Fsp3) is 0.143.